The molecule has 3 rings (SSSR count). The molecule has 2 unspecified atom stereocenters. The fraction of sp³-hybridized carbons (Fsp3) is 0.533. The Bertz CT molecular complexity index is 539. The number of hydrogen-bond acceptors (Lipinski definition) is 4. The van der Waals surface area contributed by atoms with Gasteiger partial charge in [0.15, 0.2) is 0 Å². The van der Waals surface area contributed by atoms with Gasteiger partial charge in [0, 0.05) is 12.1 Å². The first-order valence-electron chi connectivity index (χ1n) is 7.00. The summed E-state index contributed by atoms with van der Waals surface area (Å²) in [5.74, 6) is 1.50. The van der Waals surface area contributed by atoms with Crippen LogP contribution in [0.1, 0.15) is 36.5 Å². The van der Waals surface area contributed by atoms with Gasteiger partial charge in [-0.2, -0.15) is 0 Å². The smallest absolute Gasteiger partial charge is 0.338 e. The Kier molecular flexibility index (Phi) is 3.20. The number of rotatable bonds is 3. The Morgan fingerprint density at radius 1 is 1.25 bits per heavy atom. The molecule has 0 spiro atoms. The van der Waals surface area contributed by atoms with E-state index in [4.69, 9.17) is 4.74 Å². The number of hydrogen-bond donors (Lipinski definition) is 0. The fourth-order valence-corrected chi connectivity index (χ4v) is 3.24. The monoisotopic (exact) mass is 275 g/mol. The van der Waals surface area contributed by atoms with Crippen molar-refractivity contribution in [2.75, 3.05) is 0 Å². The van der Waals surface area contributed by atoms with Gasteiger partial charge >= 0.3 is 5.97 Å². The van der Waals surface area contributed by atoms with Crippen molar-refractivity contribution in [3.63, 3.8) is 0 Å². The second-order valence-electron chi connectivity index (χ2n) is 5.98. The molecule has 0 saturated heterocycles. The Balaban J connectivity index is 1.65. The van der Waals surface area contributed by atoms with Crippen LogP contribution >= 0.6 is 0 Å². The molecule has 0 amide bonds. The zero-order chi connectivity index (χ0) is 14.3. The molecule has 5 heteroatoms. The molecular weight excluding hydrogens is 258 g/mol. The maximum absolute atomic E-state index is 12.1. The van der Waals surface area contributed by atoms with Gasteiger partial charge < -0.3 is 4.74 Å². The predicted octanol–water partition coefficient (Wildman–Crippen LogP) is 3.19. The number of fused-ring (bicyclic) bond motifs is 1. The predicted molar refractivity (Wildman–Crippen MR) is 72.3 cm³/mol. The summed E-state index contributed by atoms with van der Waals surface area (Å²) in [5.41, 5.74) is 0.362. The minimum Gasteiger partial charge on any atom is -0.458 e. The van der Waals surface area contributed by atoms with Crippen LogP contribution in [0.15, 0.2) is 24.3 Å². The van der Waals surface area contributed by atoms with Gasteiger partial charge in [-0.1, -0.05) is 6.92 Å². The van der Waals surface area contributed by atoms with E-state index in [1.807, 2.05) is 0 Å². The third-order valence-electron chi connectivity index (χ3n) is 4.37. The molecule has 0 radical (unpaired) electrons. The molecule has 2 aliphatic carbocycles. The number of non-ortho nitro benzene ring substituents is 1. The Morgan fingerprint density at radius 2 is 1.95 bits per heavy atom. The van der Waals surface area contributed by atoms with Crippen LogP contribution in [0.5, 0.6) is 0 Å². The van der Waals surface area contributed by atoms with Crippen molar-refractivity contribution < 1.29 is 14.5 Å². The van der Waals surface area contributed by atoms with Gasteiger partial charge in [-0.3, -0.25) is 10.1 Å². The molecule has 0 N–H and O–H groups in total. The van der Waals surface area contributed by atoms with E-state index in [1.165, 1.54) is 37.1 Å². The van der Waals surface area contributed by atoms with E-state index >= 15 is 0 Å². The zero-order valence-corrected chi connectivity index (χ0v) is 11.3. The third kappa shape index (κ3) is 2.53. The maximum atomic E-state index is 12.1. The average molecular weight is 275 g/mol. The van der Waals surface area contributed by atoms with Crippen molar-refractivity contribution in [1.82, 2.24) is 0 Å². The summed E-state index contributed by atoms with van der Waals surface area (Å²) in [6.45, 7) is 2.20. The van der Waals surface area contributed by atoms with Crippen molar-refractivity contribution in [2.45, 2.75) is 32.3 Å². The summed E-state index contributed by atoms with van der Waals surface area (Å²) >= 11 is 0. The molecule has 0 bridgehead atoms. The lowest BCUT2D eigenvalue weighted by Crippen LogP contribution is -2.27. The molecule has 20 heavy (non-hydrogen) atoms. The van der Waals surface area contributed by atoms with Crippen LogP contribution in [-0.4, -0.2) is 17.0 Å². The second-order valence-corrected chi connectivity index (χ2v) is 5.98. The van der Waals surface area contributed by atoms with Gasteiger partial charge in [-0.25, -0.2) is 4.79 Å². The largest absolute Gasteiger partial charge is 0.458 e. The average Bonchev–Trinajstić information content (AvgIpc) is 3.18. The molecule has 2 saturated carbocycles. The van der Waals surface area contributed by atoms with Crippen LogP contribution in [0.3, 0.4) is 0 Å². The van der Waals surface area contributed by atoms with Gasteiger partial charge in [0.25, 0.3) is 5.69 Å². The standard InChI is InChI=1S/C15H17NO4/c1-9-6-11-8-13(11)14(7-9)20-15(17)10-2-4-12(5-3-10)16(18)19/h2-5,9,11,13-14H,6-8H2,1H3/t9?,11?,13-,14-/m1/s1. The van der Waals surface area contributed by atoms with Crippen LogP contribution in [0.2, 0.25) is 0 Å². The SMILES string of the molecule is CC1CC2C[C@H]2[C@H](OC(=O)c2ccc([N+](=O)[O-])cc2)C1. The topological polar surface area (TPSA) is 69.4 Å². The second kappa shape index (κ2) is 4.89. The number of nitro benzene ring substituents is 1. The van der Waals surface area contributed by atoms with E-state index in [9.17, 15) is 14.9 Å². The van der Waals surface area contributed by atoms with Crippen LogP contribution < -0.4 is 0 Å². The first kappa shape index (κ1) is 13.1. The highest BCUT2D eigenvalue weighted by atomic mass is 16.6. The lowest BCUT2D eigenvalue weighted by molar-refractivity contribution is -0.384. The number of nitrogens with zero attached hydrogens (tertiary/aromatic N) is 1. The quantitative estimate of drug-likeness (QED) is 0.482. The molecule has 0 aromatic heterocycles. The molecular formula is C15H17NO4. The van der Waals surface area contributed by atoms with Crippen LogP contribution in [0.25, 0.3) is 0 Å². The van der Waals surface area contributed by atoms with E-state index in [1.54, 1.807) is 0 Å². The number of esters is 1. The summed E-state index contributed by atoms with van der Waals surface area (Å²) in [6.07, 6.45) is 3.37. The third-order valence-corrected chi connectivity index (χ3v) is 4.37. The highest BCUT2D eigenvalue weighted by molar-refractivity contribution is 5.89. The van der Waals surface area contributed by atoms with E-state index in [0.717, 1.165) is 12.3 Å². The molecule has 0 aliphatic heterocycles. The van der Waals surface area contributed by atoms with E-state index in [0.29, 0.717) is 17.4 Å². The highest BCUT2D eigenvalue weighted by Crippen LogP contribution is 2.52. The summed E-state index contributed by atoms with van der Waals surface area (Å²) in [5, 5.41) is 10.6. The molecule has 4 atom stereocenters. The number of benzene rings is 1. The summed E-state index contributed by atoms with van der Waals surface area (Å²) < 4.78 is 5.59. The summed E-state index contributed by atoms with van der Waals surface area (Å²) in [6, 6.07) is 5.58. The number of carbonyl (C=O) groups excluding carboxylic acids is 1. The zero-order valence-electron chi connectivity index (χ0n) is 11.3. The minimum atomic E-state index is -0.479. The molecule has 2 aliphatic rings. The van der Waals surface area contributed by atoms with E-state index in [-0.39, 0.29) is 17.8 Å². The number of carbonyl (C=O) groups is 1. The van der Waals surface area contributed by atoms with Crippen molar-refractivity contribution in [3.05, 3.63) is 39.9 Å². The Labute approximate surface area is 117 Å². The fourth-order valence-electron chi connectivity index (χ4n) is 3.24. The van der Waals surface area contributed by atoms with Crippen molar-refractivity contribution in [1.29, 1.82) is 0 Å². The van der Waals surface area contributed by atoms with Gasteiger partial charge in [-0.05, 0) is 49.1 Å². The van der Waals surface area contributed by atoms with Gasteiger partial charge in [0.2, 0.25) is 0 Å². The molecule has 2 fully saturated rings. The molecule has 5 nitrogen and oxygen atoms in total. The van der Waals surface area contributed by atoms with Crippen LogP contribution in [-0.2, 0) is 4.74 Å². The van der Waals surface area contributed by atoms with Crippen molar-refractivity contribution >= 4 is 11.7 Å². The summed E-state index contributed by atoms with van der Waals surface area (Å²) in [4.78, 5) is 22.2. The van der Waals surface area contributed by atoms with Crippen molar-refractivity contribution in [3.8, 4) is 0 Å². The summed E-state index contributed by atoms with van der Waals surface area (Å²) in [7, 11) is 0. The minimum absolute atomic E-state index is 0.0184. The van der Waals surface area contributed by atoms with Crippen LogP contribution in [0.4, 0.5) is 5.69 Å². The maximum Gasteiger partial charge on any atom is 0.338 e. The van der Waals surface area contributed by atoms with Crippen molar-refractivity contribution in [2.24, 2.45) is 17.8 Å². The van der Waals surface area contributed by atoms with Gasteiger partial charge in [0.1, 0.15) is 6.10 Å². The molecule has 0 heterocycles. The van der Waals surface area contributed by atoms with Gasteiger partial charge in [0.05, 0.1) is 10.5 Å². The van der Waals surface area contributed by atoms with Crippen LogP contribution in [0, 0.1) is 27.9 Å². The number of nitro groups is 1. The lowest BCUT2D eigenvalue weighted by Gasteiger charge is -2.26. The van der Waals surface area contributed by atoms with E-state index < -0.39 is 4.92 Å². The lowest BCUT2D eigenvalue weighted by atomic mass is 9.89. The molecule has 1 aromatic rings. The number of ether oxygens (including phenoxy) is 1. The molecule has 1 aromatic carbocycles. The first-order chi connectivity index (χ1) is 9.54. The Hall–Kier alpha value is -1.91. The van der Waals surface area contributed by atoms with Gasteiger partial charge in [-0.15, -0.1) is 0 Å². The highest BCUT2D eigenvalue weighted by Gasteiger charge is 2.49. The Morgan fingerprint density at radius 3 is 2.60 bits per heavy atom. The normalized spacial score (nSPS) is 31.2. The molecule has 106 valence electrons. The van der Waals surface area contributed by atoms with E-state index in [2.05, 4.69) is 6.92 Å². The first-order valence-corrected chi connectivity index (χ1v) is 7.00.